The predicted molar refractivity (Wildman–Crippen MR) is 212 cm³/mol. The molecule has 5 rings (SSSR count). The molecule has 3 fully saturated rings. The summed E-state index contributed by atoms with van der Waals surface area (Å²) in [5.74, 6) is -2.45. The van der Waals surface area contributed by atoms with Crippen molar-refractivity contribution in [3.8, 4) is 5.88 Å². The van der Waals surface area contributed by atoms with Crippen LogP contribution in [0.2, 0.25) is 0 Å². The number of rotatable bonds is 18. The molecule has 14 nitrogen and oxygen atoms in total. The largest absolute Gasteiger partial charge is 0.472 e. The third-order valence-corrected chi connectivity index (χ3v) is 12.5. The maximum atomic E-state index is 14.8. The number of ether oxygens (including phenoxy) is 3. The standard InChI is InChI=1S/C41H57N5O9S/c1-9-11-14-25(3)19-26(4)34(43-39(50)55-40(5,6)7)37(48)46-23-29(54-36-32-16-13-12-15-31(32)27(22-42-36)24-53-8)20-33(46)35(47)44-41(21-28(41)10-2)38(49)45-56(51,52)30-17-18-30/h9-10,12-13,15-16,22,25-26,28-30,33-34H,1-2,11,14,17-21,23-24H2,3-8H3,(H,43,50)(H,44,47)(H,45,49)/t25?,26-,28-,29-,33+,34?,41-/m1/s1. The molecule has 2 unspecified atom stereocenters. The predicted octanol–water partition coefficient (Wildman–Crippen LogP) is 4.92. The minimum absolute atomic E-state index is 0.0213. The van der Waals surface area contributed by atoms with Crippen LogP contribution in [0.25, 0.3) is 10.8 Å². The van der Waals surface area contributed by atoms with E-state index in [0.29, 0.717) is 31.7 Å². The van der Waals surface area contributed by atoms with Crippen LogP contribution >= 0.6 is 0 Å². The normalized spacial score (nSPS) is 23.7. The zero-order chi connectivity index (χ0) is 41.0. The molecule has 7 atom stereocenters. The van der Waals surface area contributed by atoms with Gasteiger partial charge in [-0.25, -0.2) is 18.2 Å². The van der Waals surface area contributed by atoms with E-state index in [-0.39, 0.29) is 31.2 Å². The molecule has 56 heavy (non-hydrogen) atoms. The molecule has 0 spiro atoms. The summed E-state index contributed by atoms with van der Waals surface area (Å²) in [5.41, 5.74) is -1.54. The van der Waals surface area contributed by atoms with E-state index in [1.807, 2.05) is 37.3 Å². The molecule has 3 aliphatic rings. The molecule has 1 aromatic carbocycles. The van der Waals surface area contributed by atoms with Crippen LogP contribution < -0.4 is 20.1 Å². The number of allylic oxidation sites excluding steroid dienone is 1. The fourth-order valence-electron chi connectivity index (χ4n) is 7.49. The smallest absolute Gasteiger partial charge is 0.408 e. The number of benzene rings is 1. The van der Waals surface area contributed by atoms with Crippen LogP contribution in [0.5, 0.6) is 5.88 Å². The molecular formula is C41H57N5O9S. The molecule has 15 heteroatoms. The van der Waals surface area contributed by atoms with Gasteiger partial charge in [0.15, 0.2) is 0 Å². The summed E-state index contributed by atoms with van der Waals surface area (Å²) in [4.78, 5) is 62.1. The van der Waals surface area contributed by atoms with Gasteiger partial charge in [0, 0.05) is 36.6 Å². The zero-order valence-electron chi connectivity index (χ0n) is 33.3. The second-order valence-corrected chi connectivity index (χ2v) is 18.5. The maximum absolute atomic E-state index is 14.8. The summed E-state index contributed by atoms with van der Waals surface area (Å²) in [6.45, 7) is 17.0. The highest BCUT2D eigenvalue weighted by molar-refractivity contribution is 7.91. The first-order chi connectivity index (χ1) is 26.4. The number of pyridine rings is 1. The molecular weight excluding hydrogens is 739 g/mol. The van der Waals surface area contributed by atoms with E-state index in [1.165, 1.54) is 11.0 Å². The molecule has 2 aromatic rings. The Hall–Kier alpha value is -4.50. The van der Waals surface area contributed by atoms with Crippen molar-refractivity contribution in [2.24, 2.45) is 17.8 Å². The number of carbonyl (C=O) groups is 4. The number of likely N-dealkylation sites (tertiary alicyclic amines) is 1. The summed E-state index contributed by atoms with van der Waals surface area (Å²) < 4.78 is 45.1. The van der Waals surface area contributed by atoms with E-state index in [0.717, 1.165) is 29.2 Å². The van der Waals surface area contributed by atoms with Crippen molar-refractivity contribution in [3.05, 3.63) is 61.3 Å². The van der Waals surface area contributed by atoms with Gasteiger partial charge >= 0.3 is 6.09 Å². The van der Waals surface area contributed by atoms with Crippen molar-refractivity contribution in [2.75, 3.05) is 13.7 Å². The minimum atomic E-state index is -3.91. The Balaban J connectivity index is 1.47. The molecule has 1 aliphatic heterocycles. The van der Waals surface area contributed by atoms with Crippen LogP contribution in [0.4, 0.5) is 4.79 Å². The number of nitrogens with one attached hydrogen (secondary N) is 3. The number of aromatic nitrogens is 1. The highest BCUT2D eigenvalue weighted by atomic mass is 32.2. The summed E-state index contributed by atoms with van der Waals surface area (Å²) >= 11 is 0. The van der Waals surface area contributed by atoms with Gasteiger partial charge in [0.25, 0.3) is 5.91 Å². The Bertz CT molecular complexity index is 1930. The van der Waals surface area contributed by atoms with Gasteiger partial charge in [-0.15, -0.1) is 13.2 Å². The maximum Gasteiger partial charge on any atom is 0.408 e. The van der Waals surface area contributed by atoms with Crippen LogP contribution in [0.3, 0.4) is 0 Å². The number of hydrogen-bond donors (Lipinski definition) is 3. The van der Waals surface area contributed by atoms with Gasteiger partial charge in [0.05, 0.1) is 18.4 Å². The van der Waals surface area contributed by atoms with E-state index in [9.17, 15) is 27.6 Å². The monoisotopic (exact) mass is 795 g/mol. The van der Waals surface area contributed by atoms with Crippen LogP contribution in [0, 0.1) is 17.8 Å². The number of methoxy groups -OCH3 is 1. The number of nitrogens with zero attached hydrogens (tertiary/aromatic N) is 2. The lowest BCUT2D eigenvalue weighted by Crippen LogP contribution is -2.59. The average Bonchev–Trinajstić information content (AvgIpc) is 4.06. The lowest BCUT2D eigenvalue weighted by molar-refractivity contribution is -0.142. The van der Waals surface area contributed by atoms with Crippen molar-refractivity contribution in [3.63, 3.8) is 0 Å². The van der Waals surface area contributed by atoms with Crippen LogP contribution in [-0.4, -0.2) is 90.3 Å². The van der Waals surface area contributed by atoms with Crippen molar-refractivity contribution in [1.29, 1.82) is 0 Å². The first-order valence-electron chi connectivity index (χ1n) is 19.4. The second kappa shape index (κ2) is 17.3. The Kier molecular flexibility index (Phi) is 13.2. The molecule has 4 amide bonds. The van der Waals surface area contributed by atoms with Crippen LogP contribution in [-0.2, 0) is 40.5 Å². The quantitative estimate of drug-likeness (QED) is 0.175. The molecule has 2 aliphatic carbocycles. The molecule has 2 saturated carbocycles. The minimum Gasteiger partial charge on any atom is -0.472 e. The van der Waals surface area contributed by atoms with Gasteiger partial charge < -0.3 is 29.7 Å². The van der Waals surface area contributed by atoms with Gasteiger partial charge in [0.1, 0.15) is 29.3 Å². The molecule has 2 heterocycles. The van der Waals surface area contributed by atoms with Gasteiger partial charge in [-0.05, 0) is 82.6 Å². The first kappa shape index (κ1) is 42.6. The SMILES string of the molecule is C=CCCC(C)C[C@@H](C)C(NC(=O)OC(C)(C)C)C(=O)N1C[C@H](Oc2ncc(COC)c3ccccc23)C[C@H]1C(=O)N[C@]1(C(=O)NS(=O)(=O)C2CC2)C[C@H]1C=C. The summed E-state index contributed by atoms with van der Waals surface area (Å²) in [5, 5.41) is 6.57. The van der Waals surface area contributed by atoms with Gasteiger partial charge in [-0.3, -0.25) is 19.1 Å². The topological polar surface area (TPSA) is 182 Å². The summed E-state index contributed by atoms with van der Waals surface area (Å²) in [6.07, 6.45) is 6.78. The number of fused-ring (bicyclic) bond motifs is 1. The lowest BCUT2D eigenvalue weighted by Gasteiger charge is -2.33. The van der Waals surface area contributed by atoms with Crippen molar-refractivity contribution >= 4 is 44.6 Å². The van der Waals surface area contributed by atoms with Crippen molar-refractivity contribution in [1.82, 2.24) is 25.2 Å². The van der Waals surface area contributed by atoms with E-state index < -0.39 is 74.3 Å². The Morgan fingerprint density at radius 1 is 1.11 bits per heavy atom. The van der Waals surface area contributed by atoms with Crippen molar-refractivity contribution in [2.45, 2.75) is 121 Å². The van der Waals surface area contributed by atoms with Crippen LogP contribution in [0.1, 0.15) is 85.1 Å². The second-order valence-electron chi connectivity index (χ2n) is 16.5. The number of sulfonamides is 1. The molecule has 3 N–H and O–H groups in total. The lowest BCUT2D eigenvalue weighted by atomic mass is 9.88. The van der Waals surface area contributed by atoms with E-state index in [1.54, 1.807) is 34.1 Å². The Labute approximate surface area is 330 Å². The Morgan fingerprint density at radius 2 is 1.80 bits per heavy atom. The number of hydrogen-bond acceptors (Lipinski definition) is 10. The molecule has 0 radical (unpaired) electrons. The molecule has 1 aromatic heterocycles. The highest BCUT2D eigenvalue weighted by Gasteiger charge is 2.62. The average molecular weight is 796 g/mol. The van der Waals surface area contributed by atoms with Gasteiger partial charge in [-0.2, -0.15) is 0 Å². The van der Waals surface area contributed by atoms with E-state index >= 15 is 0 Å². The van der Waals surface area contributed by atoms with Gasteiger partial charge in [0.2, 0.25) is 27.7 Å². The number of alkyl carbamates (subject to hydrolysis) is 1. The molecule has 1 saturated heterocycles. The zero-order valence-corrected chi connectivity index (χ0v) is 34.2. The van der Waals surface area contributed by atoms with E-state index in [2.05, 4.69) is 40.4 Å². The summed E-state index contributed by atoms with van der Waals surface area (Å²) in [7, 11) is -2.31. The molecule has 306 valence electrons. The third kappa shape index (κ3) is 10.1. The number of amides is 4. The number of carbonyl (C=O) groups excluding carboxylic acids is 4. The first-order valence-corrected chi connectivity index (χ1v) is 20.9. The fraction of sp³-hybridized carbons (Fsp3) is 0.585. The van der Waals surface area contributed by atoms with Gasteiger partial charge in [-0.1, -0.05) is 44.2 Å². The summed E-state index contributed by atoms with van der Waals surface area (Å²) in [6, 6.07) is 5.32. The molecule has 0 bridgehead atoms. The third-order valence-electron chi connectivity index (χ3n) is 10.7. The fourth-order valence-corrected chi connectivity index (χ4v) is 8.86. The van der Waals surface area contributed by atoms with E-state index in [4.69, 9.17) is 14.2 Å². The highest BCUT2D eigenvalue weighted by Crippen LogP contribution is 2.45. The van der Waals surface area contributed by atoms with Crippen molar-refractivity contribution < 1.29 is 41.8 Å². The van der Waals surface area contributed by atoms with Crippen LogP contribution in [0.15, 0.2) is 55.8 Å². The Morgan fingerprint density at radius 3 is 2.41 bits per heavy atom.